The van der Waals surface area contributed by atoms with Crippen LogP contribution in [-0.2, 0) is 0 Å². The van der Waals surface area contributed by atoms with Crippen LogP contribution in [0.3, 0.4) is 0 Å². The minimum absolute atomic E-state index is 0.0903. The molecule has 0 radical (unpaired) electrons. The van der Waals surface area contributed by atoms with Crippen molar-refractivity contribution in [2.24, 2.45) is 0 Å². The van der Waals surface area contributed by atoms with E-state index in [2.05, 4.69) is 15.6 Å². The summed E-state index contributed by atoms with van der Waals surface area (Å²) < 4.78 is 13.7. The molecule has 0 aliphatic carbocycles. The SMILES string of the molecule is Cc1nc(NC(=O)c2ccccc2F)sc1C(=O)Nc1ccc(Cl)cc1. The summed E-state index contributed by atoms with van der Waals surface area (Å²) in [5, 5.41) is 6.04. The zero-order chi connectivity index (χ0) is 18.7. The highest BCUT2D eigenvalue weighted by atomic mass is 35.5. The number of nitrogens with zero attached hydrogens (tertiary/aromatic N) is 1. The number of thiazole rings is 1. The first-order valence-corrected chi connectivity index (χ1v) is 8.73. The van der Waals surface area contributed by atoms with Gasteiger partial charge < -0.3 is 5.32 Å². The molecular weight excluding hydrogens is 377 g/mol. The van der Waals surface area contributed by atoms with E-state index in [1.807, 2.05) is 0 Å². The molecular formula is C18H13ClFN3O2S. The maximum atomic E-state index is 13.7. The standard InChI is InChI=1S/C18H13ClFN3O2S/c1-10-15(17(25)22-12-8-6-11(19)7-9-12)26-18(21-10)23-16(24)13-4-2-3-5-14(13)20/h2-9H,1H3,(H,22,25)(H,21,23,24). The Hall–Kier alpha value is -2.77. The van der Waals surface area contributed by atoms with Crippen LogP contribution in [0.5, 0.6) is 0 Å². The maximum absolute atomic E-state index is 13.7. The van der Waals surface area contributed by atoms with Crippen LogP contribution in [0, 0.1) is 12.7 Å². The van der Waals surface area contributed by atoms with Crippen molar-refractivity contribution in [2.75, 3.05) is 10.6 Å². The van der Waals surface area contributed by atoms with Crippen molar-refractivity contribution >= 4 is 45.6 Å². The second-order valence-electron chi connectivity index (χ2n) is 5.33. The molecule has 26 heavy (non-hydrogen) atoms. The Balaban J connectivity index is 1.74. The molecule has 2 N–H and O–H groups in total. The first kappa shape index (κ1) is 18.0. The number of amides is 2. The molecule has 0 unspecified atom stereocenters. The van der Waals surface area contributed by atoms with Crippen LogP contribution in [0.2, 0.25) is 5.02 Å². The number of hydrogen-bond acceptors (Lipinski definition) is 4. The molecule has 5 nitrogen and oxygen atoms in total. The van der Waals surface area contributed by atoms with Gasteiger partial charge in [0, 0.05) is 10.7 Å². The lowest BCUT2D eigenvalue weighted by Gasteiger charge is -2.04. The van der Waals surface area contributed by atoms with E-state index < -0.39 is 11.7 Å². The number of halogens is 2. The van der Waals surface area contributed by atoms with Crippen molar-refractivity contribution in [2.45, 2.75) is 6.92 Å². The van der Waals surface area contributed by atoms with Gasteiger partial charge in [-0.1, -0.05) is 35.1 Å². The second kappa shape index (κ2) is 7.63. The third-order valence-electron chi connectivity index (χ3n) is 3.44. The predicted molar refractivity (Wildman–Crippen MR) is 101 cm³/mol. The molecule has 3 rings (SSSR count). The fourth-order valence-electron chi connectivity index (χ4n) is 2.19. The third-order valence-corrected chi connectivity index (χ3v) is 4.77. The van der Waals surface area contributed by atoms with Gasteiger partial charge in [-0.3, -0.25) is 14.9 Å². The van der Waals surface area contributed by atoms with Crippen LogP contribution in [0.25, 0.3) is 0 Å². The Morgan fingerprint density at radius 3 is 2.42 bits per heavy atom. The van der Waals surface area contributed by atoms with E-state index >= 15 is 0 Å². The molecule has 3 aromatic rings. The normalized spacial score (nSPS) is 10.4. The lowest BCUT2D eigenvalue weighted by molar-refractivity contribution is 0.101. The van der Waals surface area contributed by atoms with Gasteiger partial charge in [0.25, 0.3) is 11.8 Å². The number of nitrogens with one attached hydrogen (secondary N) is 2. The number of carbonyl (C=O) groups excluding carboxylic acids is 2. The zero-order valence-electron chi connectivity index (χ0n) is 13.5. The lowest BCUT2D eigenvalue weighted by atomic mass is 10.2. The molecule has 2 aromatic carbocycles. The van der Waals surface area contributed by atoms with E-state index in [0.29, 0.717) is 21.3 Å². The molecule has 0 aliphatic rings. The number of hydrogen-bond donors (Lipinski definition) is 2. The van der Waals surface area contributed by atoms with Crippen molar-refractivity contribution in [1.29, 1.82) is 0 Å². The van der Waals surface area contributed by atoms with Crippen molar-refractivity contribution in [3.05, 3.63) is 75.5 Å². The molecule has 0 saturated heterocycles. The van der Waals surface area contributed by atoms with Gasteiger partial charge in [-0.15, -0.1) is 0 Å². The maximum Gasteiger partial charge on any atom is 0.267 e. The largest absolute Gasteiger partial charge is 0.321 e. The zero-order valence-corrected chi connectivity index (χ0v) is 15.1. The smallest absolute Gasteiger partial charge is 0.267 e. The van der Waals surface area contributed by atoms with Crippen molar-refractivity contribution in [1.82, 2.24) is 4.98 Å². The molecule has 132 valence electrons. The quantitative estimate of drug-likeness (QED) is 0.676. The van der Waals surface area contributed by atoms with E-state index in [1.54, 1.807) is 37.3 Å². The van der Waals surface area contributed by atoms with Crippen molar-refractivity contribution in [3.8, 4) is 0 Å². The fourth-order valence-corrected chi connectivity index (χ4v) is 3.17. The number of anilines is 2. The van der Waals surface area contributed by atoms with Gasteiger partial charge in [0.2, 0.25) is 0 Å². The number of carbonyl (C=O) groups is 2. The average Bonchev–Trinajstić information content (AvgIpc) is 2.97. The third kappa shape index (κ3) is 4.07. The molecule has 1 aromatic heterocycles. The van der Waals surface area contributed by atoms with Gasteiger partial charge in [-0.05, 0) is 43.3 Å². The van der Waals surface area contributed by atoms with Crippen LogP contribution < -0.4 is 10.6 Å². The lowest BCUT2D eigenvalue weighted by Crippen LogP contribution is -2.13. The Kier molecular flexibility index (Phi) is 5.29. The second-order valence-corrected chi connectivity index (χ2v) is 6.76. The monoisotopic (exact) mass is 389 g/mol. The summed E-state index contributed by atoms with van der Waals surface area (Å²) in [7, 11) is 0. The van der Waals surface area contributed by atoms with E-state index in [1.165, 1.54) is 18.2 Å². The summed E-state index contributed by atoms with van der Waals surface area (Å²) in [6.07, 6.45) is 0. The predicted octanol–water partition coefficient (Wildman–Crippen LogP) is 4.75. The molecule has 0 atom stereocenters. The van der Waals surface area contributed by atoms with Crippen LogP contribution in [-0.4, -0.2) is 16.8 Å². The number of aryl methyl sites for hydroxylation is 1. The molecule has 8 heteroatoms. The Bertz CT molecular complexity index is 973. The summed E-state index contributed by atoms with van der Waals surface area (Å²) >= 11 is 6.83. The van der Waals surface area contributed by atoms with E-state index in [9.17, 15) is 14.0 Å². The molecule has 0 bridgehead atoms. The molecule has 0 saturated carbocycles. The fraction of sp³-hybridized carbons (Fsp3) is 0.0556. The minimum Gasteiger partial charge on any atom is -0.321 e. The minimum atomic E-state index is -0.626. The van der Waals surface area contributed by atoms with E-state index in [-0.39, 0.29) is 16.6 Å². The molecule has 2 amide bonds. The molecule has 1 heterocycles. The van der Waals surface area contributed by atoms with Crippen LogP contribution in [0.1, 0.15) is 25.7 Å². The van der Waals surface area contributed by atoms with Crippen LogP contribution >= 0.6 is 22.9 Å². The number of rotatable bonds is 4. The summed E-state index contributed by atoms with van der Waals surface area (Å²) in [4.78, 5) is 29.1. The molecule has 0 aliphatic heterocycles. The van der Waals surface area contributed by atoms with Crippen molar-refractivity contribution < 1.29 is 14.0 Å². The highest BCUT2D eigenvalue weighted by Crippen LogP contribution is 2.25. The van der Waals surface area contributed by atoms with Gasteiger partial charge >= 0.3 is 0 Å². The first-order chi connectivity index (χ1) is 12.4. The Labute approximate surface area is 157 Å². The summed E-state index contributed by atoms with van der Waals surface area (Å²) in [5.74, 6) is -1.60. The molecule has 0 spiro atoms. The first-order valence-electron chi connectivity index (χ1n) is 7.54. The van der Waals surface area contributed by atoms with Gasteiger partial charge in [-0.25, -0.2) is 9.37 Å². The van der Waals surface area contributed by atoms with Crippen LogP contribution in [0.15, 0.2) is 48.5 Å². The number of aromatic nitrogens is 1. The van der Waals surface area contributed by atoms with Gasteiger partial charge in [-0.2, -0.15) is 0 Å². The summed E-state index contributed by atoms with van der Waals surface area (Å²) in [6, 6.07) is 12.3. The number of benzene rings is 2. The summed E-state index contributed by atoms with van der Waals surface area (Å²) in [5.41, 5.74) is 0.960. The highest BCUT2D eigenvalue weighted by Gasteiger charge is 2.18. The Morgan fingerprint density at radius 1 is 1.04 bits per heavy atom. The Morgan fingerprint density at radius 2 is 1.73 bits per heavy atom. The van der Waals surface area contributed by atoms with Gasteiger partial charge in [0.05, 0.1) is 11.3 Å². The van der Waals surface area contributed by atoms with Gasteiger partial charge in [0.1, 0.15) is 10.7 Å². The highest BCUT2D eigenvalue weighted by molar-refractivity contribution is 7.17. The molecule has 0 fully saturated rings. The van der Waals surface area contributed by atoms with E-state index in [0.717, 1.165) is 11.3 Å². The van der Waals surface area contributed by atoms with Gasteiger partial charge in [0.15, 0.2) is 5.13 Å². The van der Waals surface area contributed by atoms with Crippen molar-refractivity contribution in [3.63, 3.8) is 0 Å². The average molecular weight is 390 g/mol. The topological polar surface area (TPSA) is 71.1 Å². The van der Waals surface area contributed by atoms with Crippen LogP contribution in [0.4, 0.5) is 15.2 Å². The van der Waals surface area contributed by atoms with E-state index in [4.69, 9.17) is 11.6 Å². The summed E-state index contributed by atoms with van der Waals surface area (Å²) in [6.45, 7) is 1.66.